The highest BCUT2D eigenvalue weighted by molar-refractivity contribution is 5.91. The Hall–Kier alpha value is -3.55. The molecule has 0 aliphatic carbocycles. The summed E-state index contributed by atoms with van der Waals surface area (Å²) in [5.74, 6) is 0.0646. The lowest BCUT2D eigenvalue weighted by Gasteiger charge is -2.08. The molecule has 8 heteroatoms. The second-order valence-electron chi connectivity index (χ2n) is 5.28. The summed E-state index contributed by atoms with van der Waals surface area (Å²) in [5.41, 5.74) is 2.42. The highest BCUT2D eigenvalue weighted by Crippen LogP contribution is 2.38. The fourth-order valence-electron chi connectivity index (χ4n) is 2.69. The minimum Gasteiger partial charge on any atom is -0.496 e. The molecule has 0 aliphatic rings. The van der Waals surface area contributed by atoms with Crippen LogP contribution < -0.4 is 10.3 Å². The van der Waals surface area contributed by atoms with E-state index in [1.165, 1.54) is 31.4 Å². The van der Waals surface area contributed by atoms with Crippen molar-refractivity contribution < 1.29 is 9.13 Å². The second kappa shape index (κ2) is 5.82. The predicted octanol–water partition coefficient (Wildman–Crippen LogP) is 2.29. The minimum atomic E-state index is -0.411. The lowest BCUT2D eigenvalue weighted by atomic mass is 10.0. The van der Waals surface area contributed by atoms with Crippen molar-refractivity contribution in [3.8, 4) is 28.3 Å². The van der Waals surface area contributed by atoms with Crippen LogP contribution in [0.15, 0.2) is 53.7 Å². The SMILES string of the molecule is COc1ccc(F)cc1-c1nn2ccncc2c1-c1ccc(=O)[nH]n1. The van der Waals surface area contributed by atoms with Crippen LogP contribution in [0.5, 0.6) is 5.75 Å². The number of methoxy groups -OCH3 is 1. The van der Waals surface area contributed by atoms with Gasteiger partial charge in [-0.05, 0) is 24.3 Å². The number of fused-ring (bicyclic) bond motifs is 1. The van der Waals surface area contributed by atoms with Crippen LogP contribution in [-0.4, -0.2) is 31.9 Å². The van der Waals surface area contributed by atoms with E-state index in [0.29, 0.717) is 33.8 Å². The van der Waals surface area contributed by atoms with Gasteiger partial charge in [0.1, 0.15) is 17.3 Å². The maximum atomic E-state index is 13.8. The van der Waals surface area contributed by atoms with Crippen LogP contribution in [0, 0.1) is 5.82 Å². The molecule has 0 bridgehead atoms. The topological polar surface area (TPSA) is 85.2 Å². The third-order valence-corrected chi connectivity index (χ3v) is 3.79. The number of nitrogens with zero attached hydrogens (tertiary/aromatic N) is 4. The summed E-state index contributed by atoms with van der Waals surface area (Å²) in [5, 5.41) is 11.0. The first-order valence-corrected chi connectivity index (χ1v) is 7.40. The summed E-state index contributed by atoms with van der Waals surface area (Å²) in [6.45, 7) is 0. The van der Waals surface area contributed by atoms with Gasteiger partial charge in [0.15, 0.2) is 0 Å². The maximum absolute atomic E-state index is 13.8. The molecular formula is C17H12FN5O2. The maximum Gasteiger partial charge on any atom is 0.264 e. The zero-order valence-electron chi connectivity index (χ0n) is 13.1. The summed E-state index contributed by atoms with van der Waals surface area (Å²) < 4.78 is 20.8. The van der Waals surface area contributed by atoms with E-state index in [2.05, 4.69) is 20.3 Å². The second-order valence-corrected chi connectivity index (χ2v) is 5.28. The Kier molecular flexibility index (Phi) is 3.50. The average molecular weight is 337 g/mol. The molecule has 1 N–H and O–H groups in total. The molecule has 0 atom stereocenters. The lowest BCUT2D eigenvalue weighted by Crippen LogP contribution is -2.05. The van der Waals surface area contributed by atoms with Crippen LogP contribution in [0.3, 0.4) is 0 Å². The zero-order valence-corrected chi connectivity index (χ0v) is 13.1. The zero-order chi connectivity index (χ0) is 17.4. The van der Waals surface area contributed by atoms with E-state index in [-0.39, 0.29) is 5.56 Å². The number of benzene rings is 1. The van der Waals surface area contributed by atoms with Crippen LogP contribution in [0.1, 0.15) is 0 Å². The van der Waals surface area contributed by atoms with Gasteiger partial charge in [-0.25, -0.2) is 14.0 Å². The average Bonchev–Trinajstić information content (AvgIpc) is 3.02. The van der Waals surface area contributed by atoms with Crippen molar-refractivity contribution in [2.24, 2.45) is 0 Å². The number of halogens is 1. The fraction of sp³-hybridized carbons (Fsp3) is 0.0588. The van der Waals surface area contributed by atoms with Gasteiger partial charge in [0.25, 0.3) is 5.56 Å². The van der Waals surface area contributed by atoms with Crippen molar-refractivity contribution in [2.45, 2.75) is 0 Å². The normalized spacial score (nSPS) is 11.0. The molecule has 0 saturated carbocycles. The summed E-state index contributed by atoms with van der Waals surface area (Å²) in [7, 11) is 1.51. The molecule has 4 aromatic rings. The van der Waals surface area contributed by atoms with Gasteiger partial charge in [0.2, 0.25) is 0 Å². The van der Waals surface area contributed by atoms with Gasteiger partial charge in [-0.15, -0.1) is 0 Å². The molecule has 1 aromatic carbocycles. The Balaban J connectivity index is 2.08. The number of hydrogen-bond donors (Lipinski definition) is 1. The standard InChI is InChI=1S/C17H12FN5O2/c1-25-14-4-2-10(18)8-11(14)17-16(12-3-5-15(24)21-20-12)13-9-19-6-7-23(13)22-17/h2-9H,1H3,(H,21,24). The number of hydrogen-bond acceptors (Lipinski definition) is 5. The number of aromatic nitrogens is 5. The van der Waals surface area contributed by atoms with Crippen LogP contribution in [0.2, 0.25) is 0 Å². The van der Waals surface area contributed by atoms with Crippen molar-refractivity contribution in [1.29, 1.82) is 0 Å². The van der Waals surface area contributed by atoms with E-state index in [0.717, 1.165) is 0 Å². The van der Waals surface area contributed by atoms with Gasteiger partial charge >= 0.3 is 0 Å². The molecule has 0 saturated heterocycles. The van der Waals surface area contributed by atoms with E-state index in [9.17, 15) is 9.18 Å². The first kappa shape index (κ1) is 15.0. The minimum absolute atomic E-state index is 0.316. The lowest BCUT2D eigenvalue weighted by molar-refractivity contribution is 0.415. The van der Waals surface area contributed by atoms with E-state index < -0.39 is 5.82 Å². The van der Waals surface area contributed by atoms with Crippen molar-refractivity contribution in [2.75, 3.05) is 7.11 Å². The highest BCUT2D eigenvalue weighted by atomic mass is 19.1. The third kappa shape index (κ3) is 2.53. The first-order valence-electron chi connectivity index (χ1n) is 7.40. The Morgan fingerprint density at radius 1 is 1.24 bits per heavy atom. The van der Waals surface area contributed by atoms with Crippen LogP contribution in [-0.2, 0) is 0 Å². The summed E-state index contributed by atoms with van der Waals surface area (Å²) in [4.78, 5) is 15.5. The Labute approximate surface area is 140 Å². The van der Waals surface area contributed by atoms with Crippen LogP contribution >= 0.6 is 0 Å². The van der Waals surface area contributed by atoms with Gasteiger partial charge in [-0.3, -0.25) is 9.78 Å². The first-order chi connectivity index (χ1) is 12.2. The third-order valence-electron chi connectivity index (χ3n) is 3.79. The quantitative estimate of drug-likeness (QED) is 0.620. The van der Waals surface area contributed by atoms with E-state index >= 15 is 0 Å². The van der Waals surface area contributed by atoms with Gasteiger partial charge in [-0.2, -0.15) is 10.2 Å². The largest absolute Gasteiger partial charge is 0.496 e. The van der Waals surface area contributed by atoms with Gasteiger partial charge in [0, 0.05) is 24.0 Å². The Morgan fingerprint density at radius 2 is 2.12 bits per heavy atom. The molecule has 4 rings (SSSR count). The smallest absolute Gasteiger partial charge is 0.264 e. The Bertz CT molecular complexity index is 1120. The molecule has 25 heavy (non-hydrogen) atoms. The molecule has 3 aromatic heterocycles. The molecule has 0 radical (unpaired) electrons. The van der Waals surface area contributed by atoms with Crippen molar-refractivity contribution in [3.05, 3.63) is 65.1 Å². The molecule has 0 amide bonds. The van der Waals surface area contributed by atoms with E-state index in [1.54, 1.807) is 29.2 Å². The van der Waals surface area contributed by atoms with Crippen molar-refractivity contribution >= 4 is 5.52 Å². The number of nitrogens with one attached hydrogen (secondary N) is 1. The summed E-state index contributed by atoms with van der Waals surface area (Å²) >= 11 is 0. The van der Waals surface area contributed by atoms with Gasteiger partial charge in [0.05, 0.1) is 30.1 Å². The van der Waals surface area contributed by atoms with Gasteiger partial charge < -0.3 is 4.74 Å². The Morgan fingerprint density at radius 3 is 2.88 bits per heavy atom. The highest BCUT2D eigenvalue weighted by Gasteiger charge is 2.21. The molecule has 0 aliphatic heterocycles. The van der Waals surface area contributed by atoms with Crippen LogP contribution in [0.4, 0.5) is 4.39 Å². The molecule has 0 unspecified atom stereocenters. The predicted molar refractivity (Wildman–Crippen MR) is 88.8 cm³/mol. The molecular weight excluding hydrogens is 325 g/mol. The summed E-state index contributed by atoms with van der Waals surface area (Å²) in [6, 6.07) is 7.16. The fourth-order valence-corrected chi connectivity index (χ4v) is 2.69. The van der Waals surface area contributed by atoms with Crippen LogP contribution in [0.25, 0.3) is 28.0 Å². The van der Waals surface area contributed by atoms with Gasteiger partial charge in [-0.1, -0.05) is 0 Å². The van der Waals surface area contributed by atoms with Crippen molar-refractivity contribution in [3.63, 3.8) is 0 Å². The number of H-pyrrole nitrogens is 1. The number of ether oxygens (including phenoxy) is 1. The summed E-state index contributed by atoms with van der Waals surface area (Å²) in [6.07, 6.45) is 4.90. The van der Waals surface area contributed by atoms with E-state index in [4.69, 9.17) is 4.74 Å². The number of aromatic amines is 1. The monoisotopic (exact) mass is 337 g/mol. The molecule has 3 heterocycles. The number of rotatable bonds is 3. The molecule has 0 spiro atoms. The molecule has 124 valence electrons. The molecule has 0 fully saturated rings. The molecule has 7 nitrogen and oxygen atoms in total. The van der Waals surface area contributed by atoms with Crippen molar-refractivity contribution in [1.82, 2.24) is 24.8 Å². The van der Waals surface area contributed by atoms with E-state index in [1.807, 2.05) is 0 Å².